The van der Waals surface area contributed by atoms with E-state index in [1.807, 2.05) is 0 Å². The van der Waals surface area contributed by atoms with Gasteiger partial charge in [-0.25, -0.2) is 0 Å². The summed E-state index contributed by atoms with van der Waals surface area (Å²) in [5, 5.41) is 9.57. The molecule has 0 radical (unpaired) electrons. The number of amides is 1. The van der Waals surface area contributed by atoms with Crippen molar-refractivity contribution in [3.63, 3.8) is 0 Å². The smallest absolute Gasteiger partial charge is 0.233 e. The van der Waals surface area contributed by atoms with Crippen molar-refractivity contribution in [2.24, 2.45) is 4.99 Å². The fraction of sp³-hybridized carbons (Fsp3) is 0.778. The summed E-state index contributed by atoms with van der Waals surface area (Å²) in [6.45, 7) is 7.71. The number of ether oxygens (including phenoxy) is 1. The average molecular weight is 479 g/mol. The molecule has 3 N–H and O–H groups in total. The van der Waals surface area contributed by atoms with E-state index < -0.39 is 0 Å². The molecule has 26 heavy (non-hydrogen) atoms. The van der Waals surface area contributed by atoms with Crippen molar-refractivity contribution in [2.45, 2.75) is 38.6 Å². The number of nitrogens with zero attached hydrogens (tertiary/aromatic N) is 2. The standard InChI is InChI=1S/C18H33N5O2.HI/c1-3-20-18(21-9-4-15-7-12-25-13-8-15)22-16-5-10-23(11-6-16)14-17(24)19-2;/h7,16H,3-6,8-14H2,1-2H3,(H,19,24)(H2,20,21,22);1H. The average Bonchev–Trinajstić information content (AvgIpc) is 2.64. The van der Waals surface area contributed by atoms with E-state index in [0.717, 1.165) is 71.0 Å². The predicted octanol–water partition coefficient (Wildman–Crippen LogP) is 1.11. The number of halogens is 1. The Balaban J connectivity index is 0.00000338. The third kappa shape index (κ3) is 8.68. The molecule has 1 saturated heterocycles. The van der Waals surface area contributed by atoms with Crippen LogP contribution in [-0.2, 0) is 9.53 Å². The van der Waals surface area contributed by atoms with Gasteiger partial charge in [-0.2, -0.15) is 0 Å². The number of hydrogen-bond donors (Lipinski definition) is 3. The summed E-state index contributed by atoms with van der Waals surface area (Å²) in [5.74, 6) is 0.989. The van der Waals surface area contributed by atoms with Crippen molar-refractivity contribution in [3.8, 4) is 0 Å². The first-order valence-corrected chi connectivity index (χ1v) is 9.44. The lowest BCUT2D eigenvalue weighted by atomic mass is 10.1. The van der Waals surface area contributed by atoms with Gasteiger partial charge in [-0.15, -0.1) is 24.0 Å². The maximum Gasteiger partial charge on any atom is 0.233 e. The second kappa shape index (κ2) is 13.3. The first-order chi connectivity index (χ1) is 12.2. The van der Waals surface area contributed by atoms with Crippen LogP contribution in [0.4, 0.5) is 0 Å². The number of carbonyl (C=O) groups is 1. The molecule has 0 aromatic rings. The van der Waals surface area contributed by atoms with Crippen molar-refractivity contribution in [2.75, 3.05) is 53.0 Å². The number of guanidine groups is 1. The van der Waals surface area contributed by atoms with Crippen LogP contribution in [0.5, 0.6) is 0 Å². The fourth-order valence-electron chi connectivity index (χ4n) is 3.13. The molecule has 0 aromatic heterocycles. The highest BCUT2D eigenvalue weighted by molar-refractivity contribution is 14.0. The molecule has 0 aliphatic carbocycles. The summed E-state index contributed by atoms with van der Waals surface area (Å²) in [4.78, 5) is 18.4. The molecular weight excluding hydrogens is 445 g/mol. The maximum atomic E-state index is 11.5. The quantitative estimate of drug-likeness (QED) is 0.221. The van der Waals surface area contributed by atoms with Crippen molar-refractivity contribution >= 4 is 35.8 Å². The fourth-order valence-corrected chi connectivity index (χ4v) is 3.13. The molecule has 1 fully saturated rings. The molecular formula is C18H34IN5O2. The van der Waals surface area contributed by atoms with Gasteiger partial charge in [0.05, 0.1) is 19.8 Å². The Hall–Kier alpha value is -0.870. The van der Waals surface area contributed by atoms with Crippen molar-refractivity contribution in [1.82, 2.24) is 20.9 Å². The first kappa shape index (κ1) is 23.2. The van der Waals surface area contributed by atoms with Gasteiger partial charge in [0.25, 0.3) is 0 Å². The predicted molar refractivity (Wildman–Crippen MR) is 116 cm³/mol. The molecule has 7 nitrogen and oxygen atoms in total. The minimum atomic E-state index is 0. The van der Waals surface area contributed by atoms with Gasteiger partial charge in [-0.1, -0.05) is 11.6 Å². The lowest BCUT2D eigenvalue weighted by Gasteiger charge is -2.32. The van der Waals surface area contributed by atoms with E-state index in [1.54, 1.807) is 7.05 Å². The number of nitrogens with one attached hydrogen (secondary N) is 3. The van der Waals surface area contributed by atoms with Crippen LogP contribution in [0, 0.1) is 0 Å². The molecule has 2 rings (SSSR count). The highest BCUT2D eigenvalue weighted by Gasteiger charge is 2.21. The third-order valence-corrected chi connectivity index (χ3v) is 4.68. The molecule has 150 valence electrons. The van der Waals surface area contributed by atoms with Crippen LogP contribution in [0.2, 0.25) is 0 Å². The van der Waals surface area contributed by atoms with Crippen molar-refractivity contribution in [1.29, 1.82) is 0 Å². The van der Waals surface area contributed by atoms with Crippen LogP contribution in [0.3, 0.4) is 0 Å². The zero-order chi connectivity index (χ0) is 17.9. The summed E-state index contributed by atoms with van der Waals surface area (Å²) in [7, 11) is 1.69. The van der Waals surface area contributed by atoms with E-state index in [4.69, 9.17) is 9.73 Å². The zero-order valence-electron chi connectivity index (χ0n) is 16.1. The molecule has 2 aliphatic rings. The number of likely N-dealkylation sites (N-methyl/N-ethyl adjacent to an activating group) is 1. The SMILES string of the molecule is CCNC(=NCCC1=CCOCC1)NC1CCN(CC(=O)NC)CC1.I. The lowest BCUT2D eigenvalue weighted by Crippen LogP contribution is -2.50. The second-order valence-corrected chi connectivity index (χ2v) is 6.57. The Morgan fingerprint density at radius 1 is 1.38 bits per heavy atom. The van der Waals surface area contributed by atoms with Gasteiger partial charge < -0.3 is 20.7 Å². The molecule has 1 amide bonds. The summed E-state index contributed by atoms with van der Waals surface area (Å²) in [6.07, 6.45) is 6.28. The molecule has 0 aromatic carbocycles. The Bertz CT molecular complexity index is 476. The molecule has 2 heterocycles. The summed E-state index contributed by atoms with van der Waals surface area (Å²) >= 11 is 0. The van der Waals surface area contributed by atoms with Gasteiger partial charge in [-0.3, -0.25) is 14.7 Å². The van der Waals surface area contributed by atoms with Gasteiger partial charge in [0.2, 0.25) is 5.91 Å². The van der Waals surface area contributed by atoms with Crippen LogP contribution in [0.1, 0.15) is 32.6 Å². The topological polar surface area (TPSA) is 78.0 Å². The van der Waals surface area contributed by atoms with Crippen LogP contribution < -0.4 is 16.0 Å². The van der Waals surface area contributed by atoms with E-state index in [2.05, 4.69) is 33.9 Å². The van der Waals surface area contributed by atoms with Crippen LogP contribution in [0.25, 0.3) is 0 Å². The molecule has 0 saturated carbocycles. The number of likely N-dealkylation sites (tertiary alicyclic amines) is 1. The largest absolute Gasteiger partial charge is 0.377 e. The van der Waals surface area contributed by atoms with Crippen molar-refractivity contribution in [3.05, 3.63) is 11.6 Å². The van der Waals surface area contributed by atoms with Gasteiger partial charge >= 0.3 is 0 Å². The molecule has 0 atom stereocenters. The van der Waals surface area contributed by atoms with E-state index in [9.17, 15) is 4.79 Å². The molecule has 2 aliphatic heterocycles. The Morgan fingerprint density at radius 2 is 2.15 bits per heavy atom. The normalized spacial score (nSPS) is 19.3. The van der Waals surface area contributed by atoms with E-state index >= 15 is 0 Å². The lowest BCUT2D eigenvalue weighted by molar-refractivity contribution is -0.122. The van der Waals surface area contributed by atoms with E-state index in [-0.39, 0.29) is 29.9 Å². The Morgan fingerprint density at radius 3 is 2.77 bits per heavy atom. The first-order valence-electron chi connectivity index (χ1n) is 9.44. The molecule has 0 unspecified atom stereocenters. The number of rotatable bonds is 7. The molecule has 8 heteroatoms. The third-order valence-electron chi connectivity index (χ3n) is 4.68. The van der Waals surface area contributed by atoms with Crippen LogP contribution in [0.15, 0.2) is 16.6 Å². The second-order valence-electron chi connectivity index (χ2n) is 6.57. The van der Waals surface area contributed by atoms with Gasteiger partial charge in [0.15, 0.2) is 5.96 Å². The minimum Gasteiger partial charge on any atom is -0.377 e. The number of piperidine rings is 1. The highest BCUT2D eigenvalue weighted by atomic mass is 127. The minimum absolute atomic E-state index is 0. The monoisotopic (exact) mass is 479 g/mol. The van der Waals surface area contributed by atoms with Crippen LogP contribution in [-0.4, -0.2) is 75.8 Å². The summed E-state index contributed by atoms with van der Waals surface area (Å²) < 4.78 is 5.34. The number of hydrogen-bond acceptors (Lipinski definition) is 4. The maximum absolute atomic E-state index is 11.5. The highest BCUT2D eigenvalue weighted by Crippen LogP contribution is 2.12. The Kier molecular flexibility index (Phi) is 11.9. The van der Waals surface area contributed by atoms with Gasteiger partial charge in [-0.05, 0) is 32.6 Å². The van der Waals surface area contributed by atoms with E-state index in [0.29, 0.717) is 12.6 Å². The number of aliphatic imine (C=N–C) groups is 1. The van der Waals surface area contributed by atoms with Crippen molar-refractivity contribution < 1.29 is 9.53 Å². The molecule has 0 bridgehead atoms. The van der Waals surface area contributed by atoms with Crippen LogP contribution >= 0.6 is 24.0 Å². The Labute approximate surface area is 174 Å². The van der Waals surface area contributed by atoms with Gasteiger partial charge in [0, 0.05) is 39.3 Å². The van der Waals surface area contributed by atoms with E-state index in [1.165, 1.54) is 5.57 Å². The molecule has 0 spiro atoms. The summed E-state index contributed by atoms with van der Waals surface area (Å²) in [5.41, 5.74) is 1.45. The zero-order valence-corrected chi connectivity index (χ0v) is 18.4. The number of carbonyl (C=O) groups excluding carboxylic acids is 1. The summed E-state index contributed by atoms with van der Waals surface area (Å²) in [6, 6.07) is 0.418. The van der Waals surface area contributed by atoms with Gasteiger partial charge in [0.1, 0.15) is 0 Å².